The Morgan fingerprint density at radius 2 is 2.09 bits per heavy atom. The van der Waals surface area contributed by atoms with Gasteiger partial charge in [-0.05, 0) is 18.9 Å². The van der Waals surface area contributed by atoms with Crippen molar-refractivity contribution >= 4 is 17.2 Å². The van der Waals surface area contributed by atoms with Crippen LogP contribution in [0.4, 0.5) is 0 Å². The van der Waals surface area contributed by atoms with E-state index in [2.05, 4.69) is 44.9 Å². The van der Waals surface area contributed by atoms with E-state index < -0.39 is 0 Å². The molecule has 2 heterocycles. The number of aryl methyl sites for hydroxylation is 2. The Morgan fingerprint density at radius 1 is 1.30 bits per heavy atom. The molecule has 0 saturated carbocycles. The van der Waals surface area contributed by atoms with Crippen LogP contribution >= 0.6 is 11.3 Å². The molecule has 0 aliphatic carbocycles. The summed E-state index contributed by atoms with van der Waals surface area (Å²) in [6.45, 7) is 2.59. The van der Waals surface area contributed by atoms with Gasteiger partial charge in [0.25, 0.3) is 5.91 Å². The first-order valence-electron chi connectivity index (χ1n) is 7.39. The van der Waals surface area contributed by atoms with Crippen LogP contribution in [0, 0.1) is 6.92 Å². The van der Waals surface area contributed by atoms with Gasteiger partial charge in [-0.3, -0.25) is 4.79 Å². The number of thiazole rings is 1. The van der Waals surface area contributed by atoms with Crippen molar-refractivity contribution < 1.29 is 4.79 Å². The maximum absolute atomic E-state index is 11.9. The van der Waals surface area contributed by atoms with E-state index in [1.54, 1.807) is 28.4 Å². The molecular formula is C17H18N4OS. The number of hydrogen-bond donors (Lipinski definition) is 1. The van der Waals surface area contributed by atoms with Crippen LogP contribution in [-0.4, -0.2) is 27.0 Å². The lowest BCUT2D eigenvalue weighted by atomic mass is 10.1. The molecule has 23 heavy (non-hydrogen) atoms. The van der Waals surface area contributed by atoms with Gasteiger partial charge in [0.2, 0.25) is 0 Å². The summed E-state index contributed by atoms with van der Waals surface area (Å²) in [7, 11) is 1.84. The Balaban J connectivity index is 1.53. The molecule has 118 valence electrons. The van der Waals surface area contributed by atoms with Gasteiger partial charge in [0.15, 0.2) is 0 Å². The number of nitrogens with zero attached hydrogens (tertiary/aromatic N) is 3. The second kappa shape index (κ2) is 6.75. The number of aromatic nitrogens is 3. The monoisotopic (exact) mass is 326 g/mol. The third kappa shape index (κ3) is 3.84. The van der Waals surface area contributed by atoms with Crippen LogP contribution in [0.1, 0.15) is 21.1 Å². The van der Waals surface area contributed by atoms with Gasteiger partial charge in [0.1, 0.15) is 5.69 Å². The Labute approximate surface area is 139 Å². The standard InChI is InChI=1S/C17H18N4OS/c1-12-20-16(10-23-12)14-5-3-13(4-6-14)7-8-18-17(22)15-9-21(2)11-19-15/h3-6,9-11H,7-8H2,1-2H3,(H,18,22). The van der Waals surface area contributed by atoms with Crippen LogP contribution in [0.15, 0.2) is 42.2 Å². The molecule has 0 fully saturated rings. The molecule has 0 unspecified atom stereocenters. The second-order valence-electron chi connectivity index (χ2n) is 5.38. The summed E-state index contributed by atoms with van der Waals surface area (Å²) >= 11 is 1.65. The number of carbonyl (C=O) groups is 1. The lowest BCUT2D eigenvalue weighted by molar-refractivity contribution is 0.0949. The van der Waals surface area contributed by atoms with E-state index in [-0.39, 0.29) is 5.91 Å². The first-order valence-corrected chi connectivity index (χ1v) is 8.27. The third-order valence-corrected chi connectivity index (χ3v) is 4.28. The number of amides is 1. The van der Waals surface area contributed by atoms with Gasteiger partial charge in [-0.25, -0.2) is 9.97 Å². The van der Waals surface area contributed by atoms with E-state index >= 15 is 0 Å². The topological polar surface area (TPSA) is 59.8 Å². The van der Waals surface area contributed by atoms with E-state index in [0.29, 0.717) is 12.2 Å². The molecule has 3 aromatic rings. The van der Waals surface area contributed by atoms with Crippen molar-refractivity contribution in [3.8, 4) is 11.3 Å². The average molecular weight is 326 g/mol. The summed E-state index contributed by atoms with van der Waals surface area (Å²) in [6.07, 6.45) is 4.11. The summed E-state index contributed by atoms with van der Waals surface area (Å²) in [5.74, 6) is -0.139. The molecule has 1 N–H and O–H groups in total. The first-order chi connectivity index (χ1) is 11.1. The molecular weight excluding hydrogens is 308 g/mol. The van der Waals surface area contributed by atoms with Crippen LogP contribution in [0.3, 0.4) is 0 Å². The molecule has 2 aromatic heterocycles. The van der Waals surface area contributed by atoms with Gasteiger partial charge in [0, 0.05) is 30.7 Å². The molecule has 0 spiro atoms. The average Bonchev–Trinajstić information content (AvgIpc) is 3.16. The van der Waals surface area contributed by atoms with Gasteiger partial charge in [0.05, 0.1) is 17.0 Å². The predicted molar refractivity (Wildman–Crippen MR) is 91.5 cm³/mol. The molecule has 1 amide bonds. The van der Waals surface area contributed by atoms with E-state index in [1.165, 1.54) is 5.56 Å². The Morgan fingerprint density at radius 3 is 2.70 bits per heavy atom. The Bertz CT molecular complexity index is 804. The van der Waals surface area contributed by atoms with Crippen LogP contribution < -0.4 is 5.32 Å². The Kier molecular flexibility index (Phi) is 4.52. The molecule has 0 radical (unpaired) electrons. The van der Waals surface area contributed by atoms with Crippen LogP contribution in [0.5, 0.6) is 0 Å². The number of imidazole rings is 1. The first kappa shape index (κ1) is 15.4. The van der Waals surface area contributed by atoms with Crippen molar-refractivity contribution in [3.05, 3.63) is 58.4 Å². The number of carbonyl (C=O) groups excluding carboxylic acids is 1. The highest BCUT2D eigenvalue weighted by molar-refractivity contribution is 7.09. The van der Waals surface area contributed by atoms with E-state index in [1.807, 2.05) is 14.0 Å². The SMILES string of the molecule is Cc1nc(-c2ccc(CCNC(=O)c3cn(C)cn3)cc2)cs1. The molecule has 3 rings (SSSR count). The van der Waals surface area contributed by atoms with Crippen LogP contribution in [0.25, 0.3) is 11.3 Å². The number of hydrogen-bond acceptors (Lipinski definition) is 4. The highest BCUT2D eigenvalue weighted by Gasteiger charge is 2.07. The van der Waals surface area contributed by atoms with Gasteiger partial charge in [-0.2, -0.15) is 0 Å². The highest BCUT2D eigenvalue weighted by Crippen LogP contribution is 2.21. The molecule has 5 nitrogen and oxygen atoms in total. The summed E-state index contributed by atoms with van der Waals surface area (Å²) in [5.41, 5.74) is 3.77. The normalized spacial score (nSPS) is 10.7. The summed E-state index contributed by atoms with van der Waals surface area (Å²) in [6, 6.07) is 8.31. The van der Waals surface area contributed by atoms with Crippen molar-refractivity contribution in [3.63, 3.8) is 0 Å². The minimum Gasteiger partial charge on any atom is -0.350 e. The lowest BCUT2D eigenvalue weighted by Crippen LogP contribution is -2.25. The molecule has 0 atom stereocenters. The fourth-order valence-corrected chi connectivity index (χ4v) is 2.90. The van der Waals surface area contributed by atoms with E-state index in [4.69, 9.17) is 0 Å². The van der Waals surface area contributed by atoms with Gasteiger partial charge >= 0.3 is 0 Å². The fourth-order valence-electron chi connectivity index (χ4n) is 2.28. The summed E-state index contributed by atoms with van der Waals surface area (Å²) < 4.78 is 1.76. The highest BCUT2D eigenvalue weighted by atomic mass is 32.1. The van der Waals surface area contributed by atoms with E-state index in [0.717, 1.165) is 22.7 Å². The number of benzene rings is 1. The zero-order chi connectivity index (χ0) is 16.2. The van der Waals surface area contributed by atoms with Gasteiger partial charge < -0.3 is 9.88 Å². The summed E-state index contributed by atoms with van der Waals surface area (Å²) in [5, 5.41) is 6.02. The van der Waals surface area contributed by atoms with Crippen molar-refractivity contribution in [1.29, 1.82) is 0 Å². The number of rotatable bonds is 5. The van der Waals surface area contributed by atoms with Crippen molar-refractivity contribution in [2.45, 2.75) is 13.3 Å². The molecule has 1 aromatic carbocycles. The number of nitrogens with one attached hydrogen (secondary N) is 1. The maximum Gasteiger partial charge on any atom is 0.271 e. The largest absolute Gasteiger partial charge is 0.350 e. The third-order valence-electron chi connectivity index (χ3n) is 3.51. The smallest absolute Gasteiger partial charge is 0.271 e. The van der Waals surface area contributed by atoms with Crippen molar-refractivity contribution in [1.82, 2.24) is 19.9 Å². The summed E-state index contributed by atoms with van der Waals surface area (Å²) in [4.78, 5) is 20.4. The zero-order valence-electron chi connectivity index (χ0n) is 13.1. The second-order valence-corrected chi connectivity index (χ2v) is 6.44. The molecule has 0 aliphatic heterocycles. The Hall–Kier alpha value is -2.47. The molecule has 6 heteroatoms. The van der Waals surface area contributed by atoms with Crippen molar-refractivity contribution in [2.75, 3.05) is 6.54 Å². The lowest BCUT2D eigenvalue weighted by Gasteiger charge is -2.04. The van der Waals surface area contributed by atoms with Crippen LogP contribution in [0.2, 0.25) is 0 Å². The minimum absolute atomic E-state index is 0.139. The minimum atomic E-state index is -0.139. The van der Waals surface area contributed by atoms with Gasteiger partial charge in [-0.1, -0.05) is 24.3 Å². The van der Waals surface area contributed by atoms with E-state index in [9.17, 15) is 4.79 Å². The fraction of sp³-hybridized carbons (Fsp3) is 0.235. The quantitative estimate of drug-likeness (QED) is 0.784. The zero-order valence-corrected chi connectivity index (χ0v) is 13.9. The molecule has 0 bridgehead atoms. The van der Waals surface area contributed by atoms with Crippen molar-refractivity contribution in [2.24, 2.45) is 7.05 Å². The maximum atomic E-state index is 11.9. The molecule has 0 saturated heterocycles. The predicted octanol–water partition coefficient (Wildman–Crippen LogP) is 2.82. The molecule has 0 aliphatic rings. The van der Waals surface area contributed by atoms with Crippen LogP contribution in [-0.2, 0) is 13.5 Å². The van der Waals surface area contributed by atoms with Gasteiger partial charge in [-0.15, -0.1) is 11.3 Å².